The zero-order valence-corrected chi connectivity index (χ0v) is 10.2. The third-order valence-electron chi connectivity index (χ3n) is 3.08. The molecule has 1 aromatic carbocycles. The Morgan fingerprint density at radius 2 is 1.94 bits per heavy atom. The van der Waals surface area contributed by atoms with Gasteiger partial charge in [0, 0.05) is 11.1 Å². The number of aryl methyl sites for hydroxylation is 1. The molecule has 0 saturated carbocycles. The number of benzene rings is 1. The van der Waals surface area contributed by atoms with Gasteiger partial charge >= 0.3 is 5.97 Å². The fraction of sp³-hybridized carbons (Fsp3) is 0.286. The van der Waals surface area contributed by atoms with Gasteiger partial charge in [-0.15, -0.1) is 0 Å². The summed E-state index contributed by atoms with van der Waals surface area (Å²) in [5.41, 5.74) is 1.78. The van der Waals surface area contributed by atoms with Crippen LogP contribution in [0.3, 0.4) is 0 Å². The van der Waals surface area contributed by atoms with Gasteiger partial charge in [-0.1, -0.05) is 12.1 Å². The number of nitrogens with zero attached hydrogens (tertiary/aromatic N) is 1. The first kappa shape index (κ1) is 11.6. The molecule has 0 radical (unpaired) electrons. The zero-order chi connectivity index (χ0) is 12.6. The molecule has 0 amide bonds. The highest BCUT2D eigenvalue weighted by Gasteiger charge is 2.29. The summed E-state index contributed by atoms with van der Waals surface area (Å²) >= 11 is 0. The predicted octanol–water partition coefficient (Wildman–Crippen LogP) is 2.91. The highest BCUT2D eigenvalue weighted by Crippen LogP contribution is 2.26. The van der Waals surface area contributed by atoms with Gasteiger partial charge < -0.3 is 5.11 Å². The lowest BCUT2D eigenvalue weighted by Crippen LogP contribution is -2.28. The van der Waals surface area contributed by atoms with E-state index in [-0.39, 0.29) is 0 Å². The summed E-state index contributed by atoms with van der Waals surface area (Å²) in [5, 5.41) is 10.2. The number of hydrogen-bond donors (Lipinski definition) is 1. The van der Waals surface area contributed by atoms with Crippen molar-refractivity contribution >= 4 is 16.9 Å². The minimum Gasteiger partial charge on any atom is -0.481 e. The van der Waals surface area contributed by atoms with Crippen molar-refractivity contribution in [2.45, 2.75) is 26.2 Å². The van der Waals surface area contributed by atoms with E-state index in [1.165, 1.54) is 0 Å². The van der Waals surface area contributed by atoms with Crippen LogP contribution < -0.4 is 0 Å². The van der Waals surface area contributed by atoms with Crippen LogP contribution in [-0.2, 0) is 10.2 Å². The topological polar surface area (TPSA) is 50.2 Å². The van der Waals surface area contributed by atoms with E-state index >= 15 is 0 Å². The number of fused-ring (bicyclic) bond motifs is 1. The molecule has 1 aromatic heterocycles. The van der Waals surface area contributed by atoms with Crippen LogP contribution in [-0.4, -0.2) is 16.1 Å². The van der Waals surface area contributed by atoms with Gasteiger partial charge in [0.15, 0.2) is 0 Å². The maximum atomic E-state index is 11.2. The molecule has 88 valence electrons. The van der Waals surface area contributed by atoms with Gasteiger partial charge in [0.25, 0.3) is 0 Å². The number of rotatable bonds is 2. The van der Waals surface area contributed by atoms with E-state index < -0.39 is 11.4 Å². The van der Waals surface area contributed by atoms with Crippen molar-refractivity contribution in [3.05, 3.63) is 41.6 Å². The van der Waals surface area contributed by atoms with Crippen molar-refractivity contribution in [2.24, 2.45) is 0 Å². The van der Waals surface area contributed by atoms with Crippen LogP contribution in [0.5, 0.6) is 0 Å². The van der Waals surface area contributed by atoms with E-state index in [4.69, 9.17) is 0 Å². The molecule has 3 heteroatoms. The molecule has 0 fully saturated rings. The van der Waals surface area contributed by atoms with Crippen molar-refractivity contribution in [3.8, 4) is 0 Å². The molecule has 0 bridgehead atoms. The average Bonchev–Trinajstić information content (AvgIpc) is 2.28. The summed E-state index contributed by atoms with van der Waals surface area (Å²) in [5.74, 6) is -0.822. The molecule has 1 heterocycles. The van der Waals surface area contributed by atoms with Crippen LogP contribution in [0.4, 0.5) is 0 Å². The summed E-state index contributed by atoms with van der Waals surface area (Å²) < 4.78 is 0. The summed E-state index contributed by atoms with van der Waals surface area (Å²) in [7, 11) is 0. The standard InChI is InChI=1S/C14H15NO2/c1-9-4-5-10-8-11(6-7-12(10)15-9)14(2,3)13(16)17/h4-8H,1-3H3,(H,16,17). The lowest BCUT2D eigenvalue weighted by molar-refractivity contribution is -0.142. The van der Waals surface area contributed by atoms with Crippen molar-refractivity contribution in [1.29, 1.82) is 0 Å². The number of aliphatic carboxylic acids is 1. The van der Waals surface area contributed by atoms with E-state index in [1.54, 1.807) is 13.8 Å². The molecule has 2 aromatic rings. The number of carbonyl (C=O) groups is 1. The summed E-state index contributed by atoms with van der Waals surface area (Å²) in [4.78, 5) is 15.6. The largest absolute Gasteiger partial charge is 0.481 e. The lowest BCUT2D eigenvalue weighted by Gasteiger charge is -2.20. The second-order valence-electron chi connectivity index (χ2n) is 4.79. The van der Waals surface area contributed by atoms with Gasteiger partial charge in [0.2, 0.25) is 0 Å². The van der Waals surface area contributed by atoms with Gasteiger partial charge in [-0.2, -0.15) is 0 Å². The molecule has 1 N–H and O–H groups in total. The SMILES string of the molecule is Cc1ccc2cc(C(C)(C)C(=O)O)ccc2n1. The Hall–Kier alpha value is -1.90. The zero-order valence-electron chi connectivity index (χ0n) is 10.2. The third kappa shape index (κ3) is 2.00. The molecule has 0 atom stereocenters. The smallest absolute Gasteiger partial charge is 0.313 e. The van der Waals surface area contributed by atoms with Crippen LogP contribution in [0.1, 0.15) is 25.1 Å². The summed E-state index contributed by atoms with van der Waals surface area (Å²) in [6.07, 6.45) is 0. The van der Waals surface area contributed by atoms with E-state index in [0.717, 1.165) is 22.2 Å². The Labute approximate surface area is 100 Å². The fourth-order valence-corrected chi connectivity index (χ4v) is 1.74. The molecule has 0 unspecified atom stereocenters. The molecule has 17 heavy (non-hydrogen) atoms. The Kier molecular flexibility index (Phi) is 2.62. The molecule has 0 saturated heterocycles. The number of aromatic nitrogens is 1. The average molecular weight is 229 g/mol. The number of hydrogen-bond acceptors (Lipinski definition) is 2. The van der Waals surface area contributed by atoms with E-state index in [1.807, 2.05) is 37.3 Å². The minimum atomic E-state index is -0.876. The van der Waals surface area contributed by atoms with Gasteiger partial charge in [0.05, 0.1) is 10.9 Å². The third-order valence-corrected chi connectivity index (χ3v) is 3.08. The molecule has 0 aliphatic heterocycles. The normalized spacial score (nSPS) is 11.7. The van der Waals surface area contributed by atoms with Crippen LogP contribution in [0.15, 0.2) is 30.3 Å². The van der Waals surface area contributed by atoms with Crippen molar-refractivity contribution in [1.82, 2.24) is 4.98 Å². The number of carboxylic acid groups (broad SMARTS) is 1. The van der Waals surface area contributed by atoms with Gasteiger partial charge in [-0.05, 0) is 44.5 Å². The van der Waals surface area contributed by atoms with Crippen molar-refractivity contribution in [3.63, 3.8) is 0 Å². The second-order valence-corrected chi connectivity index (χ2v) is 4.79. The maximum absolute atomic E-state index is 11.2. The lowest BCUT2D eigenvalue weighted by atomic mass is 9.84. The van der Waals surface area contributed by atoms with Crippen LogP contribution >= 0.6 is 0 Å². The van der Waals surface area contributed by atoms with E-state index in [0.29, 0.717) is 0 Å². The maximum Gasteiger partial charge on any atom is 0.313 e. The Balaban J connectivity index is 2.59. The molecule has 0 aliphatic rings. The van der Waals surface area contributed by atoms with Crippen molar-refractivity contribution in [2.75, 3.05) is 0 Å². The molecular weight excluding hydrogens is 214 g/mol. The summed E-state index contributed by atoms with van der Waals surface area (Å²) in [6, 6.07) is 9.51. The van der Waals surface area contributed by atoms with Crippen LogP contribution in [0, 0.1) is 6.92 Å². The van der Waals surface area contributed by atoms with Gasteiger partial charge in [-0.25, -0.2) is 0 Å². The first-order valence-corrected chi connectivity index (χ1v) is 5.52. The fourth-order valence-electron chi connectivity index (χ4n) is 1.74. The molecule has 0 spiro atoms. The first-order valence-electron chi connectivity index (χ1n) is 5.52. The Morgan fingerprint density at radius 3 is 2.59 bits per heavy atom. The predicted molar refractivity (Wildman–Crippen MR) is 67.1 cm³/mol. The van der Waals surface area contributed by atoms with E-state index in [9.17, 15) is 9.90 Å². The number of carboxylic acids is 1. The van der Waals surface area contributed by atoms with Gasteiger partial charge in [0.1, 0.15) is 0 Å². The first-order chi connectivity index (χ1) is 7.91. The second kappa shape index (κ2) is 3.84. The molecule has 0 aliphatic carbocycles. The summed E-state index contributed by atoms with van der Waals surface area (Å²) in [6.45, 7) is 5.35. The van der Waals surface area contributed by atoms with Gasteiger partial charge in [-0.3, -0.25) is 9.78 Å². The van der Waals surface area contributed by atoms with E-state index in [2.05, 4.69) is 4.98 Å². The Morgan fingerprint density at radius 1 is 1.24 bits per heavy atom. The quantitative estimate of drug-likeness (QED) is 0.861. The molecule has 3 nitrogen and oxygen atoms in total. The van der Waals surface area contributed by atoms with Crippen LogP contribution in [0.25, 0.3) is 10.9 Å². The number of pyridine rings is 1. The monoisotopic (exact) mass is 229 g/mol. The van der Waals surface area contributed by atoms with Crippen molar-refractivity contribution < 1.29 is 9.90 Å². The minimum absolute atomic E-state index is 0.795. The molecular formula is C14H15NO2. The highest BCUT2D eigenvalue weighted by atomic mass is 16.4. The highest BCUT2D eigenvalue weighted by molar-refractivity contribution is 5.85. The van der Waals surface area contributed by atoms with Crippen LogP contribution in [0.2, 0.25) is 0 Å². The Bertz CT molecular complexity index is 588. The molecule has 2 rings (SSSR count).